The first-order valence-electron chi connectivity index (χ1n) is 7.49. The standard InChI is InChI=1S/C16H33/c1-5-6-7-8-9-10-13-16(4)14-11-12-15(2)3/h15-16H,2,5-14H2,1,3-4H3. The summed E-state index contributed by atoms with van der Waals surface area (Å²) < 4.78 is 0. The maximum absolute atomic E-state index is 4.04. The highest BCUT2D eigenvalue weighted by atomic mass is 14.1. The smallest absolute Gasteiger partial charge is 0.0443 e. The lowest BCUT2D eigenvalue weighted by atomic mass is 9.95. The number of hydrogen-bond donors (Lipinski definition) is 0. The Balaban J connectivity index is 3.14. The third-order valence-corrected chi connectivity index (χ3v) is 3.44. The van der Waals surface area contributed by atoms with Crippen LogP contribution < -0.4 is 0 Å². The third-order valence-electron chi connectivity index (χ3n) is 3.44. The number of rotatable bonds is 11. The Morgan fingerprint density at radius 3 is 1.94 bits per heavy atom. The molecule has 0 heteroatoms. The Hall–Kier alpha value is 0. The summed E-state index contributed by atoms with van der Waals surface area (Å²) in [6.07, 6.45) is 14.1. The van der Waals surface area contributed by atoms with Gasteiger partial charge in [0.25, 0.3) is 0 Å². The van der Waals surface area contributed by atoms with Gasteiger partial charge in [-0.3, -0.25) is 0 Å². The van der Waals surface area contributed by atoms with Crippen molar-refractivity contribution in [2.45, 2.75) is 85.0 Å². The van der Waals surface area contributed by atoms with E-state index in [0.717, 1.165) is 5.92 Å². The summed E-state index contributed by atoms with van der Waals surface area (Å²) in [5.74, 6) is 1.58. The van der Waals surface area contributed by atoms with Crippen LogP contribution in [0.15, 0.2) is 0 Å². The van der Waals surface area contributed by atoms with Crippen LogP contribution in [0.2, 0.25) is 0 Å². The van der Waals surface area contributed by atoms with Gasteiger partial charge < -0.3 is 0 Å². The minimum absolute atomic E-state index is 0.640. The third kappa shape index (κ3) is 12.1. The van der Waals surface area contributed by atoms with Crippen molar-refractivity contribution < 1.29 is 0 Å². The molecule has 0 aromatic heterocycles. The van der Waals surface area contributed by atoms with Gasteiger partial charge in [0.1, 0.15) is 0 Å². The van der Waals surface area contributed by atoms with Crippen LogP contribution in [0.1, 0.15) is 85.0 Å². The summed E-state index contributed by atoms with van der Waals surface area (Å²) >= 11 is 0. The average Bonchev–Trinajstić information content (AvgIpc) is 2.22. The van der Waals surface area contributed by atoms with Gasteiger partial charge in [-0.1, -0.05) is 91.9 Å². The molecule has 2 atom stereocenters. The molecule has 0 aliphatic heterocycles. The van der Waals surface area contributed by atoms with Gasteiger partial charge in [0.2, 0.25) is 0 Å². The molecule has 0 heterocycles. The van der Waals surface area contributed by atoms with Crippen LogP contribution in [0.4, 0.5) is 0 Å². The van der Waals surface area contributed by atoms with E-state index < -0.39 is 0 Å². The van der Waals surface area contributed by atoms with Gasteiger partial charge >= 0.3 is 0 Å². The van der Waals surface area contributed by atoms with Gasteiger partial charge in [0.15, 0.2) is 0 Å². The summed E-state index contributed by atoms with van der Waals surface area (Å²) in [6.45, 7) is 11.0. The van der Waals surface area contributed by atoms with E-state index >= 15 is 0 Å². The summed E-state index contributed by atoms with van der Waals surface area (Å²) in [5, 5.41) is 0. The fraction of sp³-hybridized carbons (Fsp3) is 0.938. The summed E-state index contributed by atoms with van der Waals surface area (Å²) in [5.41, 5.74) is 0. The van der Waals surface area contributed by atoms with E-state index in [0.29, 0.717) is 5.92 Å². The highest BCUT2D eigenvalue weighted by Gasteiger charge is 2.02. The van der Waals surface area contributed by atoms with Crippen molar-refractivity contribution in [1.29, 1.82) is 0 Å². The molecule has 0 bridgehead atoms. The minimum Gasteiger partial charge on any atom is -0.0654 e. The fourth-order valence-electron chi connectivity index (χ4n) is 2.23. The number of unbranched alkanes of at least 4 members (excludes halogenated alkanes) is 5. The van der Waals surface area contributed by atoms with Gasteiger partial charge in [-0.15, -0.1) is 0 Å². The molecule has 0 nitrogen and oxygen atoms in total. The van der Waals surface area contributed by atoms with Crippen LogP contribution in [-0.4, -0.2) is 0 Å². The molecule has 97 valence electrons. The highest BCUT2D eigenvalue weighted by molar-refractivity contribution is 4.58. The molecule has 0 saturated heterocycles. The molecule has 1 radical (unpaired) electrons. The second kappa shape index (κ2) is 11.5. The van der Waals surface area contributed by atoms with E-state index in [1.54, 1.807) is 0 Å². The lowest BCUT2D eigenvalue weighted by molar-refractivity contribution is 0.425. The SMILES string of the molecule is [CH2]C(C)CCCC(C)CCCCCCCC. The van der Waals surface area contributed by atoms with E-state index in [1.807, 2.05) is 0 Å². The van der Waals surface area contributed by atoms with Gasteiger partial charge in [0.05, 0.1) is 0 Å². The molecule has 16 heavy (non-hydrogen) atoms. The molecule has 0 spiro atoms. The van der Waals surface area contributed by atoms with Crippen LogP contribution in [0.5, 0.6) is 0 Å². The lowest BCUT2D eigenvalue weighted by Gasteiger charge is -2.11. The fourth-order valence-corrected chi connectivity index (χ4v) is 2.23. The van der Waals surface area contributed by atoms with Crippen molar-refractivity contribution in [3.05, 3.63) is 6.92 Å². The first kappa shape index (κ1) is 16.0. The Bertz CT molecular complexity index is 126. The molecule has 0 amide bonds. The van der Waals surface area contributed by atoms with Crippen molar-refractivity contribution in [1.82, 2.24) is 0 Å². The van der Waals surface area contributed by atoms with Gasteiger partial charge in [-0.05, 0) is 11.8 Å². The van der Waals surface area contributed by atoms with Crippen LogP contribution in [0.25, 0.3) is 0 Å². The molecule has 0 N–H and O–H groups in total. The lowest BCUT2D eigenvalue weighted by Crippen LogP contribution is -1.97. The normalized spacial score (nSPS) is 13.3. The molecule has 2 unspecified atom stereocenters. The largest absolute Gasteiger partial charge is 0.0654 e. The average molecular weight is 225 g/mol. The Morgan fingerprint density at radius 1 is 0.750 bits per heavy atom. The molecule has 0 aliphatic carbocycles. The van der Waals surface area contributed by atoms with Gasteiger partial charge in [0, 0.05) is 0 Å². The predicted octanol–water partition coefficient (Wildman–Crippen LogP) is 6.01. The zero-order chi connectivity index (χ0) is 12.2. The molecular weight excluding hydrogens is 192 g/mol. The van der Waals surface area contributed by atoms with Crippen LogP contribution >= 0.6 is 0 Å². The maximum Gasteiger partial charge on any atom is -0.0443 e. The zero-order valence-electron chi connectivity index (χ0n) is 11.9. The predicted molar refractivity (Wildman–Crippen MR) is 75.5 cm³/mol. The minimum atomic E-state index is 0.640. The van der Waals surface area contributed by atoms with E-state index in [-0.39, 0.29) is 0 Å². The van der Waals surface area contributed by atoms with E-state index in [4.69, 9.17) is 0 Å². The van der Waals surface area contributed by atoms with E-state index in [1.165, 1.54) is 64.2 Å². The molecule has 0 aromatic carbocycles. The van der Waals surface area contributed by atoms with E-state index in [9.17, 15) is 0 Å². The zero-order valence-corrected chi connectivity index (χ0v) is 11.9. The van der Waals surface area contributed by atoms with Crippen molar-refractivity contribution in [2.24, 2.45) is 11.8 Å². The molecule has 0 fully saturated rings. The highest BCUT2D eigenvalue weighted by Crippen LogP contribution is 2.18. The van der Waals surface area contributed by atoms with Crippen LogP contribution in [0.3, 0.4) is 0 Å². The molecule has 0 aliphatic rings. The van der Waals surface area contributed by atoms with E-state index in [2.05, 4.69) is 27.7 Å². The topological polar surface area (TPSA) is 0 Å². The summed E-state index contributed by atoms with van der Waals surface area (Å²) in [4.78, 5) is 0. The molecule has 0 aromatic rings. The molecule has 0 saturated carbocycles. The number of hydrogen-bond acceptors (Lipinski definition) is 0. The van der Waals surface area contributed by atoms with Gasteiger partial charge in [-0.2, -0.15) is 0 Å². The monoisotopic (exact) mass is 225 g/mol. The van der Waals surface area contributed by atoms with Crippen molar-refractivity contribution in [3.8, 4) is 0 Å². The Labute approximate surface area is 104 Å². The molecule has 0 rings (SSSR count). The molecular formula is C16H33. The van der Waals surface area contributed by atoms with Crippen LogP contribution in [0, 0.1) is 18.8 Å². The second-order valence-electron chi connectivity index (χ2n) is 5.70. The quantitative estimate of drug-likeness (QED) is 0.377. The summed E-state index contributed by atoms with van der Waals surface area (Å²) in [7, 11) is 0. The Kier molecular flexibility index (Phi) is 11.5. The van der Waals surface area contributed by atoms with Crippen molar-refractivity contribution >= 4 is 0 Å². The second-order valence-corrected chi connectivity index (χ2v) is 5.70. The van der Waals surface area contributed by atoms with Crippen molar-refractivity contribution in [2.75, 3.05) is 0 Å². The van der Waals surface area contributed by atoms with Crippen LogP contribution in [-0.2, 0) is 0 Å². The van der Waals surface area contributed by atoms with Gasteiger partial charge in [-0.25, -0.2) is 0 Å². The summed E-state index contributed by atoms with van der Waals surface area (Å²) in [6, 6.07) is 0. The van der Waals surface area contributed by atoms with Crippen molar-refractivity contribution in [3.63, 3.8) is 0 Å². The Morgan fingerprint density at radius 2 is 1.31 bits per heavy atom. The first-order valence-corrected chi connectivity index (χ1v) is 7.49. The first-order chi connectivity index (χ1) is 7.66. The maximum atomic E-state index is 4.04.